The Labute approximate surface area is 152 Å². The van der Waals surface area contributed by atoms with E-state index in [1.54, 1.807) is 36.4 Å². The molecule has 6 nitrogen and oxygen atoms in total. The van der Waals surface area contributed by atoms with E-state index < -0.39 is 0 Å². The van der Waals surface area contributed by atoms with Crippen molar-refractivity contribution in [2.24, 2.45) is 5.92 Å². The standard InChI is InChI=1S/C20H24N2O4/c1-14-5-2-3-6-17(14)22-19(23)13-26-16-10-8-15(9-11-16)21-20(24)18-7-4-12-25-18/h4,7-12,14,17H,2-3,5-6,13H2,1H3,(H,21,24)(H,22,23)/t14-,17+/m0/s1. The third kappa shape index (κ3) is 4.88. The Hall–Kier alpha value is -2.76. The summed E-state index contributed by atoms with van der Waals surface area (Å²) >= 11 is 0. The zero-order valence-corrected chi connectivity index (χ0v) is 14.9. The van der Waals surface area contributed by atoms with Gasteiger partial charge >= 0.3 is 0 Å². The Kier molecular flexibility index (Phi) is 5.94. The quantitative estimate of drug-likeness (QED) is 0.829. The Bertz CT molecular complexity index is 725. The molecule has 2 aromatic rings. The molecule has 2 amide bonds. The first-order valence-electron chi connectivity index (χ1n) is 8.99. The largest absolute Gasteiger partial charge is 0.484 e. The topological polar surface area (TPSA) is 80.6 Å². The zero-order chi connectivity index (χ0) is 18.4. The number of anilines is 1. The second kappa shape index (κ2) is 8.56. The lowest BCUT2D eigenvalue weighted by Crippen LogP contribution is -2.43. The molecule has 3 rings (SSSR count). The molecule has 2 N–H and O–H groups in total. The van der Waals surface area contributed by atoms with Gasteiger partial charge in [-0.05, 0) is 55.2 Å². The number of ether oxygens (including phenoxy) is 1. The fourth-order valence-electron chi connectivity index (χ4n) is 3.16. The van der Waals surface area contributed by atoms with E-state index in [9.17, 15) is 9.59 Å². The molecule has 2 atom stereocenters. The first kappa shape index (κ1) is 18.0. The molecule has 0 saturated heterocycles. The summed E-state index contributed by atoms with van der Waals surface area (Å²) in [5, 5.41) is 5.79. The number of carbonyl (C=O) groups excluding carboxylic acids is 2. The molecule has 0 aliphatic heterocycles. The van der Waals surface area contributed by atoms with E-state index in [0.29, 0.717) is 17.4 Å². The third-order valence-electron chi connectivity index (χ3n) is 4.68. The maximum atomic E-state index is 12.1. The molecule has 0 bridgehead atoms. The average Bonchev–Trinajstić information content (AvgIpc) is 3.18. The van der Waals surface area contributed by atoms with Gasteiger partial charge in [0.25, 0.3) is 11.8 Å². The van der Waals surface area contributed by atoms with Crippen LogP contribution in [0, 0.1) is 5.92 Å². The molecular formula is C20H24N2O4. The van der Waals surface area contributed by atoms with Gasteiger partial charge in [0.15, 0.2) is 12.4 Å². The van der Waals surface area contributed by atoms with Gasteiger partial charge in [0.2, 0.25) is 0 Å². The Balaban J connectivity index is 1.45. The van der Waals surface area contributed by atoms with E-state index >= 15 is 0 Å². The highest BCUT2D eigenvalue weighted by atomic mass is 16.5. The van der Waals surface area contributed by atoms with Crippen LogP contribution in [0.1, 0.15) is 43.2 Å². The number of hydrogen-bond donors (Lipinski definition) is 2. The molecule has 0 unspecified atom stereocenters. The van der Waals surface area contributed by atoms with E-state index in [0.717, 1.165) is 12.8 Å². The lowest BCUT2D eigenvalue weighted by Gasteiger charge is -2.29. The summed E-state index contributed by atoms with van der Waals surface area (Å²) < 4.78 is 10.6. The average molecular weight is 356 g/mol. The smallest absolute Gasteiger partial charge is 0.291 e. The van der Waals surface area contributed by atoms with Gasteiger partial charge in [0.1, 0.15) is 5.75 Å². The maximum Gasteiger partial charge on any atom is 0.291 e. The fraction of sp³-hybridized carbons (Fsp3) is 0.400. The van der Waals surface area contributed by atoms with Crippen molar-refractivity contribution in [1.29, 1.82) is 0 Å². The summed E-state index contributed by atoms with van der Waals surface area (Å²) in [5.74, 6) is 0.931. The minimum absolute atomic E-state index is 0.0126. The molecule has 0 spiro atoms. The van der Waals surface area contributed by atoms with Gasteiger partial charge in [0.05, 0.1) is 6.26 Å². The van der Waals surface area contributed by atoms with E-state index in [-0.39, 0.29) is 30.2 Å². The number of hydrogen-bond acceptors (Lipinski definition) is 4. The van der Waals surface area contributed by atoms with Crippen LogP contribution in [-0.4, -0.2) is 24.5 Å². The van der Waals surface area contributed by atoms with Crippen LogP contribution < -0.4 is 15.4 Å². The van der Waals surface area contributed by atoms with Crippen molar-refractivity contribution in [1.82, 2.24) is 5.32 Å². The highest BCUT2D eigenvalue weighted by Crippen LogP contribution is 2.23. The summed E-state index contributed by atoms with van der Waals surface area (Å²) in [5.41, 5.74) is 0.624. The first-order valence-corrected chi connectivity index (χ1v) is 8.99. The van der Waals surface area contributed by atoms with E-state index in [1.807, 2.05) is 0 Å². The third-order valence-corrected chi connectivity index (χ3v) is 4.68. The number of amides is 2. The van der Waals surface area contributed by atoms with Crippen LogP contribution in [0.15, 0.2) is 47.1 Å². The lowest BCUT2D eigenvalue weighted by atomic mass is 9.86. The molecule has 1 aliphatic rings. The summed E-state index contributed by atoms with van der Waals surface area (Å²) in [4.78, 5) is 24.0. The predicted octanol–water partition coefficient (Wildman–Crippen LogP) is 3.61. The van der Waals surface area contributed by atoms with Crippen molar-refractivity contribution in [2.45, 2.75) is 38.6 Å². The molecule has 1 heterocycles. The number of nitrogens with one attached hydrogen (secondary N) is 2. The van der Waals surface area contributed by atoms with Crippen molar-refractivity contribution in [3.05, 3.63) is 48.4 Å². The molecule has 138 valence electrons. The second-order valence-corrected chi connectivity index (χ2v) is 6.68. The molecule has 1 aliphatic carbocycles. The van der Waals surface area contributed by atoms with E-state index in [1.165, 1.54) is 19.1 Å². The summed E-state index contributed by atoms with van der Waals surface area (Å²) in [6.07, 6.45) is 6.06. The van der Waals surface area contributed by atoms with Crippen molar-refractivity contribution >= 4 is 17.5 Å². The molecule has 6 heteroatoms. The van der Waals surface area contributed by atoms with Crippen LogP contribution in [0.5, 0.6) is 5.75 Å². The number of furan rings is 1. The number of benzene rings is 1. The number of carbonyl (C=O) groups is 2. The van der Waals surface area contributed by atoms with Gasteiger partial charge in [-0.3, -0.25) is 9.59 Å². The van der Waals surface area contributed by atoms with E-state index in [2.05, 4.69) is 17.6 Å². The normalized spacial score (nSPS) is 19.6. The van der Waals surface area contributed by atoms with Crippen molar-refractivity contribution in [3.8, 4) is 5.75 Å². The fourth-order valence-corrected chi connectivity index (χ4v) is 3.16. The van der Waals surface area contributed by atoms with Gasteiger partial charge in [-0.15, -0.1) is 0 Å². The van der Waals surface area contributed by atoms with Gasteiger partial charge in [-0.25, -0.2) is 0 Å². The first-order chi connectivity index (χ1) is 12.6. The maximum absolute atomic E-state index is 12.1. The van der Waals surface area contributed by atoms with Crippen molar-refractivity contribution in [2.75, 3.05) is 11.9 Å². The molecule has 1 fully saturated rings. The molecular weight excluding hydrogens is 332 g/mol. The van der Waals surface area contributed by atoms with Crippen molar-refractivity contribution < 1.29 is 18.7 Å². The van der Waals surface area contributed by atoms with Gasteiger partial charge in [0, 0.05) is 11.7 Å². The van der Waals surface area contributed by atoms with Gasteiger partial charge in [-0.1, -0.05) is 19.8 Å². The van der Waals surface area contributed by atoms with Crippen LogP contribution in [0.2, 0.25) is 0 Å². The van der Waals surface area contributed by atoms with Crippen LogP contribution >= 0.6 is 0 Å². The molecule has 1 saturated carbocycles. The molecule has 1 aromatic heterocycles. The van der Waals surface area contributed by atoms with Gasteiger partial charge < -0.3 is 19.8 Å². The van der Waals surface area contributed by atoms with Crippen molar-refractivity contribution in [3.63, 3.8) is 0 Å². The summed E-state index contributed by atoms with van der Waals surface area (Å²) in [6, 6.07) is 10.4. The minimum atomic E-state index is -0.315. The summed E-state index contributed by atoms with van der Waals surface area (Å²) in [6.45, 7) is 2.17. The Morgan fingerprint density at radius 1 is 1.15 bits per heavy atom. The van der Waals surface area contributed by atoms with Gasteiger partial charge in [-0.2, -0.15) is 0 Å². The zero-order valence-electron chi connectivity index (χ0n) is 14.9. The SMILES string of the molecule is C[C@H]1CCCC[C@H]1NC(=O)COc1ccc(NC(=O)c2ccco2)cc1. The molecule has 26 heavy (non-hydrogen) atoms. The molecule has 1 aromatic carbocycles. The Morgan fingerprint density at radius 2 is 1.92 bits per heavy atom. The van der Waals surface area contributed by atoms with Crippen LogP contribution in [0.25, 0.3) is 0 Å². The predicted molar refractivity (Wildman–Crippen MR) is 98.2 cm³/mol. The van der Waals surface area contributed by atoms with E-state index in [4.69, 9.17) is 9.15 Å². The summed E-state index contributed by atoms with van der Waals surface area (Å²) in [7, 11) is 0. The second-order valence-electron chi connectivity index (χ2n) is 6.68. The minimum Gasteiger partial charge on any atom is -0.484 e. The van der Waals surface area contributed by atoms with Crippen LogP contribution in [0.3, 0.4) is 0 Å². The monoisotopic (exact) mass is 356 g/mol. The van der Waals surface area contributed by atoms with Crippen LogP contribution in [0.4, 0.5) is 5.69 Å². The molecule has 0 radical (unpaired) electrons. The lowest BCUT2D eigenvalue weighted by molar-refractivity contribution is -0.124. The van der Waals surface area contributed by atoms with Crippen LogP contribution in [-0.2, 0) is 4.79 Å². The highest BCUT2D eigenvalue weighted by molar-refractivity contribution is 6.02. The highest BCUT2D eigenvalue weighted by Gasteiger charge is 2.22. The number of rotatable bonds is 6. The Morgan fingerprint density at radius 3 is 2.62 bits per heavy atom.